The van der Waals surface area contributed by atoms with Gasteiger partial charge in [-0.2, -0.15) is 0 Å². The van der Waals surface area contributed by atoms with Crippen LogP contribution in [-0.4, -0.2) is 37.1 Å². The second-order valence-electron chi connectivity index (χ2n) is 3.82. The molecule has 0 saturated heterocycles. The third kappa shape index (κ3) is 3.37. The Bertz CT molecular complexity index is 603. The molecule has 2 N–H and O–H groups in total. The highest BCUT2D eigenvalue weighted by Crippen LogP contribution is 2.01. The molecule has 9 heteroatoms. The molecule has 0 saturated carbocycles. The van der Waals surface area contributed by atoms with Gasteiger partial charge < -0.3 is 14.9 Å². The minimum absolute atomic E-state index is 0.118. The molecule has 0 unspecified atom stereocenters. The molecule has 0 aliphatic carbocycles. The van der Waals surface area contributed by atoms with E-state index >= 15 is 0 Å². The van der Waals surface area contributed by atoms with Gasteiger partial charge >= 0.3 is 5.97 Å². The fourth-order valence-electron chi connectivity index (χ4n) is 1.36. The number of carboxylic acid groups (broad SMARTS) is 1. The number of aromatic carboxylic acids is 1. The van der Waals surface area contributed by atoms with Crippen molar-refractivity contribution in [3.8, 4) is 0 Å². The van der Waals surface area contributed by atoms with Crippen molar-refractivity contribution in [1.29, 1.82) is 0 Å². The van der Waals surface area contributed by atoms with Gasteiger partial charge in [-0.25, -0.2) is 9.48 Å². The summed E-state index contributed by atoms with van der Waals surface area (Å²) in [6, 6.07) is 1.71. The van der Waals surface area contributed by atoms with Crippen molar-refractivity contribution in [2.75, 3.05) is 0 Å². The first kappa shape index (κ1) is 12.7. The highest BCUT2D eigenvalue weighted by Gasteiger charge is 2.11. The van der Waals surface area contributed by atoms with E-state index in [1.54, 1.807) is 13.0 Å². The summed E-state index contributed by atoms with van der Waals surface area (Å²) in [6.45, 7) is 1.87. The van der Waals surface area contributed by atoms with Crippen LogP contribution in [0.15, 0.2) is 16.8 Å². The first-order valence-corrected chi connectivity index (χ1v) is 5.37. The largest absolute Gasteiger partial charge is 0.476 e. The van der Waals surface area contributed by atoms with Crippen molar-refractivity contribution in [1.82, 2.24) is 25.5 Å². The fourth-order valence-corrected chi connectivity index (χ4v) is 1.36. The van der Waals surface area contributed by atoms with Gasteiger partial charge in [0.15, 0.2) is 11.5 Å². The van der Waals surface area contributed by atoms with Gasteiger partial charge in [0.25, 0.3) is 0 Å². The van der Waals surface area contributed by atoms with Crippen LogP contribution in [-0.2, 0) is 17.9 Å². The molecule has 2 aromatic rings. The second-order valence-corrected chi connectivity index (χ2v) is 3.82. The quantitative estimate of drug-likeness (QED) is 0.753. The first-order chi connectivity index (χ1) is 9.04. The zero-order valence-electron chi connectivity index (χ0n) is 10.0. The van der Waals surface area contributed by atoms with Gasteiger partial charge in [-0.05, 0) is 6.92 Å². The summed E-state index contributed by atoms with van der Waals surface area (Å²) >= 11 is 0. The molecule has 0 spiro atoms. The van der Waals surface area contributed by atoms with E-state index in [2.05, 4.69) is 20.8 Å². The molecular formula is C10H11N5O4. The molecule has 0 fully saturated rings. The van der Waals surface area contributed by atoms with E-state index in [9.17, 15) is 9.59 Å². The van der Waals surface area contributed by atoms with Crippen LogP contribution < -0.4 is 5.32 Å². The van der Waals surface area contributed by atoms with Crippen LogP contribution in [0, 0.1) is 6.92 Å². The van der Waals surface area contributed by atoms with E-state index in [1.807, 2.05) is 0 Å². The molecule has 9 nitrogen and oxygen atoms in total. The number of aryl methyl sites for hydroxylation is 1. The van der Waals surface area contributed by atoms with E-state index in [4.69, 9.17) is 9.63 Å². The van der Waals surface area contributed by atoms with Gasteiger partial charge in [-0.1, -0.05) is 10.4 Å². The van der Waals surface area contributed by atoms with Gasteiger partial charge in [-0.15, -0.1) is 5.10 Å². The van der Waals surface area contributed by atoms with E-state index in [1.165, 1.54) is 6.20 Å². The highest BCUT2D eigenvalue weighted by molar-refractivity contribution is 5.84. The number of carbonyl (C=O) groups is 2. The fraction of sp³-hybridized carbons (Fsp3) is 0.300. The number of nitrogens with zero attached hydrogens (tertiary/aromatic N) is 4. The number of nitrogens with one attached hydrogen (secondary N) is 1. The number of aromatic nitrogens is 4. The van der Waals surface area contributed by atoms with Gasteiger partial charge in [0.05, 0.1) is 18.4 Å². The van der Waals surface area contributed by atoms with Crippen molar-refractivity contribution in [2.24, 2.45) is 0 Å². The van der Waals surface area contributed by atoms with Crippen LogP contribution in [0.2, 0.25) is 0 Å². The number of amides is 1. The third-order valence-electron chi connectivity index (χ3n) is 2.20. The van der Waals surface area contributed by atoms with Gasteiger partial charge in [0.2, 0.25) is 5.91 Å². The molecule has 0 radical (unpaired) electrons. The highest BCUT2D eigenvalue weighted by atomic mass is 16.5. The minimum atomic E-state index is -1.19. The summed E-state index contributed by atoms with van der Waals surface area (Å²) in [4.78, 5) is 22.1. The zero-order chi connectivity index (χ0) is 13.8. The number of carbonyl (C=O) groups excluding carboxylic acids is 1. The molecular weight excluding hydrogens is 254 g/mol. The summed E-state index contributed by atoms with van der Waals surface area (Å²) in [7, 11) is 0. The van der Waals surface area contributed by atoms with E-state index < -0.39 is 5.97 Å². The maximum Gasteiger partial charge on any atom is 0.358 e. The van der Waals surface area contributed by atoms with Crippen LogP contribution in [0.5, 0.6) is 0 Å². The average Bonchev–Trinajstić information content (AvgIpc) is 2.96. The lowest BCUT2D eigenvalue weighted by atomic mass is 10.4. The lowest BCUT2D eigenvalue weighted by molar-refractivity contribution is -0.122. The Hall–Kier alpha value is -2.71. The molecule has 0 aliphatic rings. The van der Waals surface area contributed by atoms with Crippen molar-refractivity contribution >= 4 is 11.9 Å². The van der Waals surface area contributed by atoms with Crippen LogP contribution in [0.25, 0.3) is 0 Å². The molecule has 100 valence electrons. The summed E-state index contributed by atoms with van der Waals surface area (Å²) < 4.78 is 6.07. The van der Waals surface area contributed by atoms with Crippen molar-refractivity contribution in [3.05, 3.63) is 29.4 Å². The summed E-state index contributed by atoms with van der Waals surface area (Å²) in [5.41, 5.74) is 0.519. The summed E-state index contributed by atoms with van der Waals surface area (Å²) in [5, 5.41) is 21.8. The van der Waals surface area contributed by atoms with Gasteiger partial charge in [0.1, 0.15) is 6.54 Å². The van der Waals surface area contributed by atoms with Crippen LogP contribution >= 0.6 is 0 Å². The standard InChI is InChI=1S/C10H11N5O4/c1-6-2-7(19-13-6)3-11-9(16)5-15-4-8(10(17)18)12-14-15/h2,4H,3,5H2,1H3,(H,11,16)(H,17,18). The molecule has 2 rings (SSSR count). The third-order valence-corrected chi connectivity index (χ3v) is 2.20. The minimum Gasteiger partial charge on any atom is -0.476 e. The second kappa shape index (κ2) is 5.29. The van der Waals surface area contributed by atoms with E-state index in [0.717, 1.165) is 10.4 Å². The summed E-state index contributed by atoms with van der Waals surface area (Å²) in [6.07, 6.45) is 1.18. The molecule has 0 bridgehead atoms. The number of rotatable bonds is 5. The van der Waals surface area contributed by atoms with E-state index in [-0.39, 0.29) is 24.7 Å². The monoisotopic (exact) mass is 265 g/mol. The zero-order valence-corrected chi connectivity index (χ0v) is 10.0. The first-order valence-electron chi connectivity index (χ1n) is 5.37. The van der Waals surface area contributed by atoms with Crippen LogP contribution in [0.4, 0.5) is 0 Å². The average molecular weight is 265 g/mol. The number of hydrogen-bond donors (Lipinski definition) is 2. The maximum absolute atomic E-state index is 11.6. The lowest BCUT2D eigenvalue weighted by Crippen LogP contribution is -2.27. The lowest BCUT2D eigenvalue weighted by Gasteiger charge is -2.01. The molecule has 1 amide bonds. The number of carboxylic acids is 1. The Balaban J connectivity index is 1.85. The normalized spacial score (nSPS) is 10.4. The predicted octanol–water partition coefficient (Wildman–Crippen LogP) is -0.411. The topological polar surface area (TPSA) is 123 Å². The van der Waals surface area contributed by atoms with Gasteiger partial charge in [0, 0.05) is 6.07 Å². The Morgan fingerprint density at radius 3 is 2.89 bits per heavy atom. The predicted molar refractivity (Wildman–Crippen MR) is 60.1 cm³/mol. The van der Waals surface area contributed by atoms with Crippen molar-refractivity contribution in [3.63, 3.8) is 0 Å². The maximum atomic E-state index is 11.6. The SMILES string of the molecule is Cc1cc(CNC(=O)Cn2cc(C(=O)O)nn2)on1. The van der Waals surface area contributed by atoms with Crippen molar-refractivity contribution in [2.45, 2.75) is 20.0 Å². The number of hydrogen-bond acceptors (Lipinski definition) is 6. The van der Waals surface area contributed by atoms with Crippen LogP contribution in [0.3, 0.4) is 0 Å². The molecule has 2 heterocycles. The molecule has 2 aromatic heterocycles. The van der Waals surface area contributed by atoms with Crippen molar-refractivity contribution < 1.29 is 19.2 Å². The Morgan fingerprint density at radius 2 is 2.32 bits per heavy atom. The molecule has 0 aliphatic heterocycles. The Morgan fingerprint density at radius 1 is 1.53 bits per heavy atom. The van der Waals surface area contributed by atoms with Gasteiger partial charge in [-0.3, -0.25) is 4.79 Å². The smallest absolute Gasteiger partial charge is 0.358 e. The molecule has 0 atom stereocenters. The summed E-state index contributed by atoms with van der Waals surface area (Å²) in [5.74, 6) is -0.990. The van der Waals surface area contributed by atoms with E-state index in [0.29, 0.717) is 5.76 Å². The Kier molecular flexibility index (Phi) is 3.55. The molecule has 0 aromatic carbocycles. The van der Waals surface area contributed by atoms with Crippen LogP contribution in [0.1, 0.15) is 21.9 Å². The molecule has 19 heavy (non-hydrogen) atoms. The Labute approximate surface area is 107 Å².